The summed E-state index contributed by atoms with van der Waals surface area (Å²) in [5.41, 5.74) is -1.13. The summed E-state index contributed by atoms with van der Waals surface area (Å²) in [6, 6.07) is 0. The summed E-state index contributed by atoms with van der Waals surface area (Å²) in [5, 5.41) is 10.7. The van der Waals surface area contributed by atoms with Gasteiger partial charge in [0.15, 0.2) is 0 Å². The Morgan fingerprint density at radius 1 is 1.33 bits per heavy atom. The van der Waals surface area contributed by atoms with Crippen LogP contribution < -0.4 is 24.0 Å². The van der Waals surface area contributed by atoms with Crippen molar-refractivity contribution in [2.24, 2.45) is 0 Å². The second-order valence-electron chi connectivity index (χ2n) is 6.32. The predicted molar refractivity (Wildman–Crippen MR) is 65.9 cm³/mol. The molecule has 1 amide bonds. The third-order valence-corrected chi connectivity index (χ3v) is 3.30. The molecule has 8 heteroatoms. The largest absolute Gasteiger partial charge is 1.00 e. The van der Waals surface area contributed by atoms with Gasteiger partial charge in [0.2, 0.25) is 0 Å². The van der Waals surface area contributed by atoms with Gasteiger partial charge in [0, 0.05) is 12.4 Å². The van der Waals surface area contributed by atoms with Crippen molar-refractivity contribution in [3.8, 4) is 0 Å². The van der Waals surface area contributed by atoms with Crippen LogP contribution in [0.2, 0.25) is 0 Å². The Kier molecular flexibility index (Phi) is 5.73. The van der Waals surface area contributed by atoms with Gasteiger partial charge in [-0.25, -0.2) is 4.79 Å². The predicted octanol–water partition coefficient (Wildman–Crippen LogP) is -3.46. The van der Waals surface area contributed by atoms with E-state index in [0.29, 0.717) is 13.2 Å². The van der Waals surface area contributed by atoms with Crippen molar-refractivity contribution in [2.45, 2.75) is 44.4 Å². The third-order valence-electron chi connectivity index (χ3n) is 3.30. The van der Waals surface area contributed by atoms with E-state index < -0.39 is 29.3 Å². The Morgan fingerprint density at radius 3 is 2.38 bits per heavy atom. The molecule has 2 heterocycles. The molecule has 2 aliphatic rings. The van der Waals surface area contributed by atoms with Gasteiger partial charge in [-0.3, -0.25) is 4.90 Å². The molecule has 2 aliphatic heterocycles. The zero-order valence-electron chi connectivity index (χ0n) is 13.0. The Hall–Kier alpha value is -0.743. The molecule has 0 aromatic rings. The van der Waals surface area contributed by atoms with Gasteiger partial charge in [-0.2, -0.15) is 0 Å². The van der Waals surface area contributed by atoms with Crippen molar-refractivity contribution in [1.82, 2.24) is 4.90 Å². The summed E-state index contributed by atoms with van der Waals surface area (Å²) in [5.74, 6) is -1.19. The summed E-state index contributed by atoms with van der Waals surface area (Å²) >= 11 is 0. The molecular formula is C13H20LiNO6. The van der Waals surface area contributed by atoms with Crippen LogP contribution in [0.3, 0.4) is 0 Å². The molecule has 0 radical (unpaired) electrons. The van der Waals surface area contributed by atoms with Crippen LogP contribution in [0.25, 0.3) is 0 Å². The SMILES string of the molecule is CC(C)(C)OC(=O)N1CC(CC(=O)[O-])OCC12COC2.[Li+]. The zero-order chi connectivity index (χ0) is 15.0. The summed E-state index contributed by atoms with van der Waals surface area (Å²) in [6.07, 6.45) is -1.28. The van der Waals surface area contributed by atoms with Gasteiger partial charge >= 0.3 is 25.0 Å². The van der Waals surface area contributed by atoms with E-state index in [4.69, 9.17) is 14.2 Å². The monoisotopic (exact) mass is 293 g/mol. The number of ether oxygens (including phenoxy) is 3. The minimum atomic E-state index is -1.19. The molecule has 2 rings (SSSR count). The first-order chi connectivity index (χ1) is 9.22. The molecule has 114 valence electrons. The second kappa shape index (κ2) is 6.57. The molecule has 0 aromatic carbocycles. The van der Waals surface area contributed by atoms with Crippen LogP contribution in [-0.2, 0) is 19.0 Å². The van der Waals surface area contributed by atoms with Gasteiger partial charge < -0.3 is 24.1 Å². The summed E-state index contributed by atoms with van der Waals surface area (Å²) in [6.45, 7) is 6.54. The fraction of sp³-hybridized carbons (Fsp3) is 0.846. The summed E-state index contributed by atoms with van der Waals surface area (Å²) < 4.78 is 16.1. The molecule has 1 atom stereocenters. The third kappa shape index (κ3) is 4.36. The van der Waals surface area contributed by atoms with Crippen molar-refractivity contribution in [3.05, 3.63) is 0 Å². The maximum atomic E-state index is 12.3. The van der Waals surface area contributed by atoms with Crippen LogP contribution in [0.15, 0.2) is 0 Å². The number of carboxylic acid groups (broad SMARTS) is 1. The number of amides is 1. The molecule has 1 spiro atoms. The molecule has 2 saturated heterocycles. The van der Waals surface area contributed by atoms with Gasteiger partial charge in [0.1, 0.15) is 11.1 Å². The van der Waals surface area contributed by atoms with Gasteiger partial charge in [-0.15, -0.1) is 0 Å². The number of morpholine rings is 1. The quantitative estimate of drug-likeness (QED) is 0.492. The van der Waals surface area contributed by atoms with Crippen LogP contribution in [0.1, 0.15) is 27.2 Å². The molecule has 0 aromatic heterocycles. The van der Waals surface area contributed by atoms with Crippen molar-refractivity contribution in [1.29, 1.82) is 0 Å². The number of rotatable bonds is 2. The summed E-state index contributed by atoms with van der Waals surface area (Å²) in [7, 11) is 0. The van der Waals surface area contributed by atoms with E-state index >= 15 is 0 Å². The number of carbonyl (C=O) groups excluding carboxylic acids is 2. The number of carbonyl (C=O) groups is 2. The molecule has 0 aliphatic carbocycles. The number of hydrogen-bond donors (Lipinski definition) is 0. The van der Waals surface area contributed by atoms with Crippen molar-refractivity contribution in [2.75, 3.05) is 26.4 Å². The number of carboxylic acids is 1. The minimum absolute atomic E-state index is 0. The average molecular weight is 293 g/mol. The molecule has 1 unspecified atom stereocenters. The molecular weight excluding hydrogens is 273 g/mol. The van der Waals surface area contributed by atoms with E-state index in [-0.39, 0.29) is 38.4 Å². The fourth-order valence-corrected chi connectivity index (χ4v) is 2.27. The van der Waals surface area contributed by atoms with Crippen LogP contribution in [0.5, 0.6) is 0 Å². The van der Waals surface area contributed by atoms with Crippen molar-refractivity contribution in [3.63, 3.8) is 0 Å². The van der Waals surface area contributed by atoms with Crippen molar-refractivity contribution >= 4 is 12.1 Å². The topological polar surface area (TPSA) is 88.1 Å². The smallest absolute Gasteiger partial charge is 0.550 e. The van der Waals surface area contributed by atoms with Crippen molar-refractivity contribution < 1.29 is 47.8 Å². The normalized spacial score (nSPS) is 24.0. The van der Waals surface area contributed by atoms with E-state index in [2.05, 4.69) is 0 Å². The van der Waals surface area contributed by atoms with Crippen LogP contribution >= 0.6 is 0 Å². The first-order valence-corrected chi connectivity index (χ1v) is 6.62. The Morgan fingerprint density at radius 2 is 1.95 bits per heavy atom. The molecule has 0 saturated carbocycles. The second-order valence-corrected chi connectivity index (χ2v) is 6.32. The number of nitrogens with zero attached hydrogens (tertiary/aromatic N) is 1. The maximum Gasteiger partial charge on any atom is 1.00 e. The van der Waals surface area contributed by atoms with Crippen LogP contribution in [0, 0.1) is 0 Å². The molecule has 0 N–H and O–H groups in total. The first kappa shape index (κ1) is 18.3. The minimum Gasteiger partial charge on any atom is -0.550 e. The van der Waals surface area contributed by atoms with Gasteiger partial charge in [-0.1, -0.05) is 0 Å². The average Bonchev–Trinajstić information content (AvgIpc) is 2.23. The first-order valence-electron chi connectivity index (χ1n) is 6.62. The number of hydrogen-bond acceptors (Lipinski definition) is 6. The fourth-order valence-electron chi connectivity index (χ4n) is 2.27. The number of aliphatic carboxylic acids is 1. The Labute approximate surface area is 136 Å². The molecule has 0 bridgehead atoms. The Balaban J connectivity index is 0.00000220. The van der Waals surface area contributed by atoms with E-state index in [1.165, 1.54) is 0 Å². The van der Waals surface area contributed by atoms with E-state index in [1.54, 1.807) is 25.7 Å². The molecule has 21 heavy (non-hydrogen) atoms. The standard InChI is InChI=1S/C13H21NO6.Li/c1-12(2,3)20-11(17)14-5-9(4-10(15)16)19-8-13(14)6-18-7-13;/h9H,4-8H2,1-3H3,(H,15,16);/q;+1/p-1. The van der Waals surface area contributed by atoms with E-state index in [9.17, 15) is 14.7 Å². The van der Waals surface area contributed by atoms with Crippen LogP contribution in [-0.4, -0.2) is 60.6 Å². The van der Waals surface area contributed by atoms with E-state index in [0.717, 1.165) is 0 Å². The van der Waals surface area contributed by atoms with Crippen LogP contribution in [0.4, 0.5) is 4.79 Å². The van der Waals surface area contributed by atoms with Gasteiger partial charge in [0.25, 0.3) is 0 Å². The summed E-state index contributed by atoms with van der Waals surface area (Å²) in [4.78, 5) is 24.5. The van der Waals surface area contributed by atoms with Gasteiger partial charge in [-0.05, 0) is 20.8 Å². The molecule has 7 nitrogen and oxygen atoms in total. The van der Waals surface area contributed by atoms with E-state index in [1.807, 2.05) is 0 Å². The molecule has 2 fully saturated rings. The maximum absolute atomic E-state index is 12.3. The van der Waals surface area contributed by atoms with Gasteiger partial charge in [0.05, 0.1) is 32.5 Å². The zero-order valence-corrected chi connectivity index (χ0v) is 13.0. The Bertz CT molecular complexity index is 404.